The van der Waals surface area contributed by atoms with E-state index in [1.165, 1.54) is 36.7 Å². The Balaban J connectivity index is 1.32. The smallest absolute Gasteiger partial charge is 0.138 e. The summed E-state index contributed by atoms with van der Waals surface area (Å²) >= 11 is 3.56. The first-order chi connectivity index (χ1) is 12.2. The average Bonchev–Trinajstić information content (AvgIpc) is 2.59. The summed E-state index contributed by atoms with van der Waals surface area (Å²) in [5, 5.41) is 0. The van der Waals surface area contributed by atoms with Crippen LogP contribution in [0, 0.1) is 0 Å². The van der Waals surface area contributed by atoms with Gasteiger partial charge >= 0.3 is 0 Å². The van der Waals surface area contributed by atoms with Gasteiger partial charge < -0.3 is 4.79 Å². The molecule has 1 aliphatic carbocycles. The third-order valence-corrected chi connectivity index (χ3v) is 6.76. The molecule has 0 amide bonds. The van der Waals surface area contributed by atoms with E-state index in [4.69, 9.17) is 0 Å². The maximum atomic E-state index is 11.8. The van der Waals surface area contributed by atoms with Gasteiger partial charge in [0.15, 0.2) is 0 Å². The summed E-state index contributed by atoms with van der Waals surface area (Å²) in [6.45, 7) is 7.22. The van der Waals surface area contributed by atoms with Gasteiger partial charge in [-0.3, -0.25) is 14.7 Å². The topological polar surface area (TPSA) is 26.8 Å². The van der Waals surface area contributed by atoms with E-state index in [9.17, 15) is 4.79 Å². The second-order valence-corrected chi connectivity index (χ2v) is 8.67. The highest BCUT2D eigenvalue weighted by Gasteiger charge is 2.31. The summed E-state index contributed by atoms with van der Waals surface area (Å²) in [6, 6.07) is 7.46. The van der Waals surface area contributed by atoms with Crippen LogP contribution in [0.25, 0.3) is 0 Å². The zero-order valence-electron chi connectivity index (χ0n) is 14.9. The first-order valence-corrected chi connectivity index (χ1v) is 10.5. The molecule has 1 saturated carbocycles. The van der Waals surface area contributed by atoms with E-state index < -0.39 is 0 Å². The molecule has 0 aromatic heterocycles. The van der Waals surface area contributed by atoms with Crippen molar-refractivity contribution in [2.75, 3.05) is 39.3 Å². The molecular formula is C20H28BrN3O. The normalized spacial score (nSPS) is 24.5. The minimum atomic E-state index is 0.0422. The number of nitrogens with zero attached hydrogens (tertiary/aromatic N) is 3. The van der Waals surface area contributed by atoms with Crippen LogP contribution in [0.3, 0.4) is 0 Å². The average molecular weight is 406 g/mol. The molecular weight excluding hydrogens is 378 g/mol. The molecule has 1 unspecified atom stereocenters. The number of hydrogen-bond acceptors (Lipinski definition) is 4. The molecule has 0 radical (unpaired) electrons. The second-order valence-electron chi connectivity index (χ2n) is 7.76. The van der Waals surface area contributed by atoms with Crippen LogP contribution in [0.4, 0.5) is 0 Å². The Morgan fingerprint density at radius 3 is 2.60 bits per heavy atom. The Bertz CT molecular complexity index is 611. The highest BCUT2D eigenvalue weighted by Crippen LogP contribution is 2.26. The molecule has 1 aromatic carbocycles. The molecule has 5 heteroatoms. The Labute approximate surface area is 159 Å². The molecule has 4 nitrogen and oxygen atoms in total. The van der Waals surface area contributed by atoms with Crippen molar-refractivity contribution >= 4 is 22.2 Å². The molecule has 1 aromatic rings. The minimum absolute atomic E-state index is 0.0422. The van der Waals surface area contributed by atoms with Gasteiger partial charge in [0.05, 0.1) is 6.04 Å². The van der Waals surface area contributed by atoms with Crippen LogP contribution in [-0.4, -0.2) is 72.3 Å². The van der Waals surface area contributed by atoms with Gasteiger partial charge in [-0.25, -0.2) is 0 Å². The van der Waals surface area contributed by atoms with E-state index in [2.05, 4.69) is 48.8 Å². The maximum absolute atomic E-state index is 11.8. The number of aldehydes is 1. The van der Waals surface area contributed by atoms with Crippen molar-refractivity contribution in [2.24, 2.45) is 0 Å². The fourth-order valence-electron chi connectivity index (χ4n) is 4.43. The third kappa shape index (κ3) is 4.00. The quantitative estimate of drug-likeness (QED) is 0.703. The molecule has 0 bridgehead atoms. The van der Waals surface area contributed by atoms with Crippen LogP contribution in [0.5, 0.6) is 0 Å². The number of piperazine rings is 1. The number of carbonyl (C=O) groups is 1. The van der Waals surface area contributed by atoms with Crippen LogP contribution < -0.4 is 0 Å². The van der Waals surface area contributed by atoms with Crippen molar-refractivity contribution in [1.29, 1.82) is 0 Å². The van der Waals surface area contributed by atoms with E-state index in [1.807, 2.05) is 0 Å². The lowest BCUT2D eigenvalue weighted by molar-refractivity contribution is -0.114. The third-order valence-electron chi connectivity index (χ3n) is 6.27. The van der Waals surface area contributed by atoms with Crippen LogP contribution in [0.1, 0.15) is 30.4 Å². The Kier molecular flexibility index (Phi) is 5.56. The predicted octanol–water partition coefficient (Wildman–Crippen LogP) is 2.54. The monoisotopic (exact) mass is 405 g/mol. The molecule has 4 rings (SSSR count). The van der Waals surface area contributed by atoms with Crippen molar-refractivity contribution in [2.45, 2.75) is 44.3 Å². The van der Waals surface area contributed by atoms with Gasteiger partial charge in [0.2, 0.25) is 0 Å². The van der Waals surface area contributed by atoms with Crippen molar-refractivity contribution in [3.8, 4) is 0 Å². The molecule has 0 spiro atoms. The predicted molar refractivity (Wildman–Crippen MR) is 104 cm³/mol. The SMILES string of the molecule is O=CC(CN1CCc2cc(Br)ccc2C1)N1CCN(C2CCC2)CC1. The zero-order chi connectivity index (χ0) is 17.2. The number of fused-ring (bicyclic) bond motifs is 1. The zero-order valence-corrected chi connectivity index (χ0v) is 16.5. The van der Waals surface area contributed by atoms with E-state index in [1.54, 1.807) is 0 Å². The summed E-state index contributed by atoms with van der Waals surface area (Å²) in [5.74, 6) is 0. The van der Waals surface area contributed by atoms with Gasteiger partial charge in [-0.2, -0.15) is 0 Å². The van der Waals surface area contributed by atoms with E-state index >= 15 is 0 Å². The molecule has 0 N–H and O–H groups in total. The molecule has 3 aliphatic rings. The summed E-state index contributed by atoms with van der Waals surface area (Å²) < 4.78 is 1.16. The van der Waals surface area contributed by atoms with Crippen molar-refractivity contribution in [3.63, 3.8) is 0 Å². The van der Waals surface area contributed by atoms with Crippen molar-refractivity contribution < 1.29 is 4.79 Å². The number of carbonyl (C=O) groups excluding carboxylic acids is 1. The lowest BCUT2D eigenvalue weighted by atomic mass is 9.91. The molecule has 1 saturated heterocycles. The molecule has 136 valence electrons. The van der Waals surface area contributed by atoms with Gasteiger partial charge in [-0.1, -0.05) is 28.4 Å². The number of hydrogen-bond donors (Lipinski definition) is 0. The van der Waals surface area contributed by atoms with Gasteiger partial charge in [0.1, 0.15) is 6.29 Å². The Morgan fingerprint density at radius 2 is 1.92 bits per heavy atom. The molecule has 2 heterocycles. The fourth-order valence-corrected chi connectivity index (χ4v) is 4.84. The van der Waals surface area contributed by atoms with Crippen LogP contribution in [-0.2, 0) is 17.8 Å². The van der Waals surface area contributed by atoms with Gasteiger partial charge in [-0.05, 0) is 42.5 Å². The lowest BCUT2D eigenvalue weighted by Crippen LogP contribution is -2.57. The molecule has 25 heavy (non-hydrogen) atoms. The second kappa shape index (κ2) is 7.87. The number of halogens is 1. The number of rotatable bonds is 5. The van der Waals surface area contributed by atoms with Crippen LogP contribution >= 0.6 is 15.9 Å². The minimum Gasteiger partial charge on any atom is -0.302 e. The van der Waals surface area contributed by atoms with Gasteiger partial charge in [-0.15, -0.1) is 0 Å². The first-order valence-electron chi connectivity index (χ1n) is 9.66. The molecule has 2 fully saturated rings. The van der Waals surface area contributed by atoms with Crippen molar-refractivity contribution in [3.05, 3.63) is 33.8 Å². The highest BCUT2D eigenvalue weighted by molar-refractivity contribution is 9.10. The van der Waals surface area contributed by atoms with Gasteiger partial charge in [0, 0.05) is 56.3 Å². The summed E-state index contributed by atoms with van der Waals surface area (Å²) in [6.07, 6.45) is 6.40. The molecule has 2 aliphatic heterocycles. The Morgan fingerprint density at radius 1 is 1.12 bits per heavy atom. The molecule has 1 atom stereocenters. The Hall–Kier alpha value is -0.750. The summed E-state index contributed by atoms with van der Waals surface area (Å²) in [5.41, 5.74) is 2.86. The maximum Gasteiger partial charge on any atom is 0.138 e. The largest absolute Gasteiger partial charge is 0.302 e. The standard InChI is InChI=1S/C20H28BrN3O/c21-18-5-4-17-13-22(7-6-16(17)12-18)14-20(15-25)24-10-8-23(9-11-24)19-2-1-3-19/h4-5,12,15,19-20H,1-3,6-11,13-14H2. The first kappa shape index (κ1) is 17.7. The highest BCUT2D eigenvalue weighted by atomic mass is 79.9. The summed E-state index contributed by atoms with van der Waals surface area (Å²) in [7, 11) is 0. The van der Waals surface area contributed by atoms with E-state index in [-0.39, 0.29) is 6.04 Å². The number of benzene rings is 1. The fraction of sp³-hybridized carbons (Fsp3) is 0.650. The van der Waals surface area contributed by atoms with Crippen LogP contribution in [0.2, 0.25) is 0 Å². The van der Waals surface area contributed by atoms with Gasteiger partial charge in [0.25, 0.3) is 0 Å². The lowest BCUT2D eigenvalue weighted by Gasteiger charge is -2.44. The summed E-state index contributed by atoms with van der Waals surface area (Å²) in [4.78, 5) is 19.3. The van der Waals surface area contributed by atoms with E-state index in [0.717, 1.165) is 62.7 Å². The van der Waals surface area contributed by atoms with Crippen LogP contribution in [0.15, 0.2) is 22.7 Å². The van der Waals surface area contributed by atoms with Crippen molar-refractivity contribution in [1.82, 2.24) is 14.7 Å². The van der Waals surface area contributed by atoms with E-state index in [0.29, 0.717) is 0 Å².